The molecule has 1 amide bonds. The summed E-state index contributed by atoms with van der Waals surface area (Å²) in [4.78, 5) is 20.6. The minimum Gasteiger partial charge on any atom is -0.490 e. The van der Waals surface area contributed by atoms with Gasteiger partial charge >= 0.3 is 0 Å². The van der Waals surface area contributed by atoms with Crippen molar-refractivity contribution in [1.82, 2.24) is 0 Å². The number of carbonyl (C=O) groups is 1. The van der Waals surface area contributed by atoms with Crippen molar-refractivity contribution in [2.45, 2.75) is 20.5 Å². The number of rotatable bonds is 8. The molecule has 38 heavy (non-hydrogen) atoms. The number of carbonyl (C=O) groups excluding carboxylic acids is 1. The Labute approximate surface area is 227 Å². The van der Waals surface area contributed by atoms with E-state index in [1.165, 1.54) is 17.3 Å². The number of nitrogens with zero attached hydrogens (tertiary/aromatic N) is 2. The van der Waals surface area contributed by atoms with Gasteiger partial charge in [-0.25, -0.2) is 4.99 Å². The molecule has 0 saturated carbocycles. The lowest BCUT2D eigenvalue weighted by Gasteiger charge is -2.15. The molecule has 0 N–H and O–H groups in total. The first-order chi connectivity index (χ1) is 18.6. The molecule has 0 atom stereocenters. The molecule has 1 heterocycles. The van der Waals surface area contributed by atoms with Crippen LogP contribution < -0.4 is 14.4 Å². The van der Waals surface area contributed by atoms with Crippen LogP contribution in [0.15, 0.2) is 113 Å². The highest BCUT2D eigenvalue weighted by Gasteiger charge is 2.34. The summed E-state index contributed by atoms with van der Waals surface area (Å²) in [6.07, 6.45) is 1.88. The van der Waals surface area contributed by atoms with Gasteiger partial charge in [-0.1, -0.05) is 72.3 Å². The summed E-state index contributed by atoms with van der Waals surface area (Å²) in [5.41, 5.74) is 4.71. The van der Waals surface area contributed by atoms with Crippen LogP contribution in [0.4, 0.5) is 11.4 Å². The molecule has 0 radical (unpaired) electrons. The highest BCUT2D eigenvalue weighted by Crippen LogP contribution is 2.38. The smallest absolute Gasteiger partial charge is 0.271 e. The molecule has 0 aliphatic carbocycles. The van der Waals surface area contributed by atoms with Crippen LogP contribution in [-0.2, 0) is 11.4 Å². The molecule has 4 aromatic rings. The van der Waals surface area contributed by atoms with E-state index < -0.39 is 0 Å². The Morgan fingerprint density at radius 3 is 2.26 bits per heavy atom. The van der Waals surface area contributed by atoms with E-state index in [1.807, 2.05) is 91.9 Å². The molecule has 0 bridgehead atoms. The Hall–Kier alpha value is -4.29. The van der Waals surface area contributed by atoms with Crippen LogP contribution >= 0.6 is 11.8 Å². The average Bonchev–Trinajstić information content (AvgIpc) is 3.24. The first-order valence-electron chi connectivity index (χ1n) is 12.5. The molecule has 190 valence electrons. The SMILES string of the molecule is CCOc1cc(/C=C2\SC(=Nc3ccccc3)N(c3ccccc3)C2=O)ccc1OCc1ccc(C)cc1. The summed E-state index contributed by atoms with van der Waals surface area (Å²) in [5.74, 6) is 1.19. The predicted molar refractivity (Wildman–Crippen MR) is 156 cm³/mol. The lowest BCUT2D eigenvalue weighted by molar-refractivity contribution is -0.113. The summed E-state index contributed by atoms with van der Waals surface area (Å²) in [7, 11) is 0. The van der Waals surface area contributed by atoms with Gasteiger partial charge in [0.1, 0.15) is 6.61 Å². The molecule has 5 nitrogen and oxygen atoms in total. The molecule has 5 rings (SSSR count). The lowest BCUT2D eigenvalue weighted by Crippen LogP contribution is -2.28. The van der Waals surface area contributed by atoms with Gasteiger partial charge in [0.25, 0.3) is 5.91 Å². The quantitative estimate of drug-likeness (QED) is 0.223. The highest BCUT2D eigenvalue weighted by molar-refractivity contribution is 8.19. The summed E-state index contributed by atoms with van der Waals surface area (Å²) < 4.78 is 12.0. The summed E-state index contributed by atoms with van der Waals surface area (Å²) in [6.45, 7) is 4.95. The van der Waals surface area contributed by atoms with Gasteiger partial charge in [-0.05, 0) is 79.2 Å². The standard InChI is InChI=1S/C32H28N2O3S/c1-3-36-29-20-25(18-19-28(29)37-22-24-16-14-23(2)15-17-24)21-30-31(35)34(27-12-8-5-9-13-27)32(38-30)33-26-10-6-4-7-11-26/h4-21H,3,22H2,1-2H3/b30-21-,33-32?. The molecule has 0 spiro atoms. The zero-order valence-corrected chi connectivity index (χ0v) is 22.2. The number of anilines is 1. The number of amidine groups is 1. The van der Waals surface area contributed by atoms with Crippen LogP contribution in [0, 0.1) is 6.92 Å². The van der Waals surface area contributed by atoms with E-state index >= 15 is 0 Å². The topological polar surface area (TPSA) is 51.1 Å². The van der Waals surface area contributed by atoms with Crippen molar-refractivity contribution in [2.24, 2.45) is 4.99 Å². The molecule has 1 saturated heterocycles. The van der Waals surface area contributed by atoms with Crippen molar-refractivity contribution in [1.29, 1.82) is 0 Å². The third-order valence-corrected chi connectivity index (χ3v) is 6.85. The minimum absolute atomic E-state index is 0.117. The maximum absolute atomic E-state index is 13.6. The fourth-order valence-corrected chi connectivity index (χ4v) is 4.97. The molecule has 1 aliphatic rings. The van der Waals surface area contributed by atoms with E-state index in [2.05, 4.69) is 31.2 Å². The molecule has 1 fully saturated rings. The molecule has 4 aromatic carbocycles. The summed E-state index contributed by atoms with van der Waals surface area (Å²) in [5, 5.41) is 0.613. The van der Waals surface area contributed by atoms with E-state index in [4.69, 9.17) is 14.5 Å². The number of para-hydroxylation sites is 2. The fraction of sp³-hybridized carbons (Fsp3) is 0.125. The molecule has 0 aromatic heterocycles. The van der Waals surface area contributed by atoms with E-state index in [9.17, 15) is 4.79 Å². The zero-order valence-electron chi connectivity index (χ0n) is 21.3. The Morgan fingerprint density at radius 2 is 1.55 bits per heavy atom. The Kier molecular flexibility index (Phi) is 7.90. The van der Waals surface area contributed by atoms with Gasteiger partial charge in [0.05, 0.1) is 22.9 Å². The molecular formula is C32H28N2O3S. The normalized spacial score (nSPS) is 15.3. The Morgan fingerprint density at radius 1 is 0.842 bits per heavy atom. The van der Waals surface area contributed by atoms with Gasteiger partial charge in [0, 0.05) is 0 Å². The number of amides is 1. The predicted octanol–water partition coefficient (Wildman–Crippen LogP) is 7.78. The van der Waals surface area contributed by atoms with Crippen molar-refractivity contribution in [3.8, 4) is 11.5 Å². The van der Waals surface area contributed by atoms with Crippen LogP contribution in [0.2, 0.25) is 0 Å². The second kappa shape index (κ2) is 11.8. The second-order valence-corrected chi connectivity index (χ2v) is 9.74. The molecule has 6 heteroatoms. The van der Waals surface area contributed by atoms with Gasteiger partial charge in [0.15, 0.2) is 16.7 Å². The third-order valence-electron chi connectivity index (χ3n) is 5.88. The van der Waals surface area contributed by atoms with Crippen molar-refractivity contribution < 1.29 is 14.3 Å². The number of thioether (sulfide) groups is 1. The number of hydrogen-bond donors (Lipinski definition) is 0. The molecular weight excluding hydrogens is 492 g/mol. The Bertz CT molecular complexity index is 1470. The maximum Gasteiger partial charge on any atom is 0.271 e. The van der Waals surface area contributed by atoms with Crippen LogP contribution in [0.5, 0.6) is 11.5 Å². The number of ether oxygens (including phenoxy) is 2. The van der Waals surface area contributed by atoms with E-state index in [0.29, 0.717) is 34.8 Å². The lowest BCUT2D eigenvalue weighted by atomic mass is 10.1. The number of benzene rings is 4. The number of hydrogen-bond acceptors (Lipinski definition) is 5. The van der Waals surface area contributed by atoms with E-state index in [-0.39, 0.29) is 5.91 Å². The van der Waals surface area contributed by atoms with Crippen molar-refractivity contribution >= 4 is 40.3 Å². The maximum atomic E-state index is 13.6. The Balaban J connectivity index is 1.43. The summed E-state index contributed by atoms with van der Waals surface area (Å²) in [6, 6.07) is 33.2. The number of aryl methyl sites for hydroxylation is 1. The zero-order chi connectivity index (χ0) is 26.3. The minimum atomic E-state index is -0.117. The first-order valence-corrected chi connectivity index (χ1v) is 13.3. The van der Waals surface area contributed by atoms with Crippen LogP contribution in [-0.4, -0.2) is 17.7 Å². The van der Waals surface area contributed by atoms with Gasteiger partial charge in [0.2, 0.25) is 0 Å². The van der Waals surface area contributed by atoms with Crippen molar-refractivity contribution in [3.05, 3.63) is 125 Å². The molecule has 1 aliphatic heterocycles. The van der Waals surface area contributed by atoms with E-state index in [0.717, 1.165) is 22.5 Å². The van der Waals surface area contributed by atoms with Crippen LogP contribution in [0.1, 0.15) is 23.6 Å². The van der Waals surface area contributed by atoms with Crippen molar-refractivity contribution in [2.75, 3.05) is 11.5 Å². The average molecular weight is 521 g/mol. The van der Waals surface area contributed by atoms with Crippen molar-refractivity contribution in [3.63, 3.8) is 0 Å². The highest BCUT2D eigenvalue weighted by atomic mass is 32.2. The fourth-order valence-electron chi connectivity index (χ4n) is 3.97. The summed E-state index contributed by atoms with van der Waals surface area (Å²) >= 11 is 1.36. The van der Waals surface area contributed by atoms with Crippen LogP contribution in [0.25, 0.3) is 6.08 Å². The largest absolute Gasteiger partial charge is 0.490 e. The van der Waals surface area contributed by atoms with Gasteiger partial charge in [-0.2, -0.15) is 0 Å². The molecule has 0 unspecified atom stereocenters. The first kappa shape index (κ1) is 25.4. The van der Waals surface area contributed by atoms with Gasteiger partial charge < -0.3 is 9.47 Å². The van der Waals surface area contributed by atoms with Gasteiger partial charge in [-0.3, -0.25) is 9.69 Å². The van der Waals surface area contributed by atoms with Crippen LogP contribution in [0.3, 0.4) is 0 Å². The monoisotopic (exact) mass is 520 g/mol. The number of aliphatic imine (C=N–C) groups is 1. The van der Waals surface area contributed by atoms with E-state index in [1.54, 1.807) is 4.90 Å². The van der Waals surface area contributed by atoms with Gasteiger partial charge in [-0.15, -0.1) is 0 Å². The second-order valence-electron chi connectivity index (χ2n) is 8.73. The third kappa shape index (κ3) is 5.98.